The normalized spacial score (nSPS) is 11.2. The number of nitrogens with zero attached hydrogens (tertiary/aromatic N) is 3. The van der Waals surface area contributed by atoms with Crippen LogP contribution in [0, 0.1) is 5.82 Å². The Bertz CT molecular complexity index is 971. The lowest BCUT2D eigenvalue weighted by Crippen LogP contribution is -2.41. The minimum absolute atomic E-state index is 0.00508. The molecule has 1 aromatic heterocycles. The van der Waals surface area contributed by atoms with Crippen LogP contribution in [0.5, 0.6) is 0 Å². The Kier molecular flexibility index (Phi) is 6.94. The van der Waals surface area contributed by atoms with Crippen LogP contribution in [0.3, 0.4) is 0 Å². The lowest BCUT2D eigenvalue weighted by Gasteiger charge is -2.14. The molecule has 0 radical (unpaired) electrons. The number of nitrogens with one attached hydrogen (secondary N) is 3. The summed E-state index contributed by atoms with van der Waals surface area (Å²) in [5.41, 5.74) is 2.66. The van der Waals surface area contributed by atoms with Gasteiger partial charge in [-0.2, -0.15) is 5.10 Å². The topological polar surface area (TPSA) is 83.3 Å². The maximum Gasteiger partial charge on any atom is 0.243 e. The molecule has 0 aliphatic heterocycles. The number of rotatable bonds is 7. The molecule has 0 aliphatic rings. The van der Waals surface area contributed by atoms with E-state index in [2.05, 4.69) is 32.1 Å². The molecule has 1 amide bonds. The standard InChI is InChI=1S/C21H23FN6O/c1-23-21(25-14-20(29)27-19-9-4-8-18(22)12-19)24-13-16-6-2-3-7-17(16)15-28-11-5-10-26-28/h2-12H,13-15H2,1H3,(H,27,29)(H2,23,24,25). The Morgan fingerprint density at radius 2 is 1.93 bits per heavy atom. The predicted octanol–water partition coefficient (Wildman–Crippen LogP) is 2.37. The van der Waals surface area contributed by atoms with E-state index in [1.807, 2.05) is 35.1 Å². The minimum atomic E-state index is -0.401. The molecule has 0 spiro atoms. The molecule has 2 aromatic carbocycles. The summed E-state index contributed by atoms with van der Waals surface area (Å²) < 4.78 is 15.1. The third kappa shape index (κ3) is 6.17. The van der Waals surface area contributed by atoms with Crippen LogP contribution in [-0.2, 0) is 17.9 Å². The van der Waals surface area contributed by atoms with Gasteiger partial charge in [0.15, 0.2) is 5.96 Å². The molecular weight excluding hydrogens is 371 g/mol. The van der Waals surface area contributed by atoms with E-state index >= 15 is 0 Å². The van der Waals surface area contributed by atoms with Crippen LogP contribution in [0.4, 0.5) is 10.1 Å². The van der Waals surface area contributed by atoms with E-state index in [1.54, 1.807) is 25.4 Å². The molecule has 0 unspecified atom stereocenters. The second kappa shape index (κ2) is 10.0. The number of anilines is 1. The average Bonchev–Trinajstić information content (AvgIpc) is 3.22. The Morgan fingerprint density at radius 1 is 1.10 bits per heavy atom. The average molecular weight is 394 g/mol. The predicted molar refractivity (Wildman–Crippen MR) is 111 cm³/mol. The van der Waals surface area contributed by atoms with Gasteiger partial charge in [0.1, 0.15) is 5.82 Å². The number of benzene rings is 2. The second-order valence-corrected chi connectivity index (χ2v) is 6.31. The molecule has 0 saturated carbocycles. The van der Waals surface area contributed by atoms with Gasteiger partial charge in [0.2, 0.25) is 5.91 Å². The van der Waals surface area contributed by atoms with E-state index in [9.17, 15) is 9.18 Å². The maximum atomic E-state index is 13.2. The molecule has 0 bridgehead atoms. The highest BCUT2D eigenvalue weighted by molar-refractivity contribution is 5.94. The summed E-state index contributed by atoms with van der Waals surface area (Å²) in [6, 6.07) is 15.7. The first kappa shape index (κ1) is 20.1. The van der Waals surface area contributed by atoms with Crippen molar-refractivity contribution in [3.8, 4) is 0 Å². The van der Waals surface area contributed by atoms with Gasteiger partial charge >= 0.3 is 0 Å². The van der Waals surface area contributed by atoms with E-state index in [4.69, 9.17) is 0 Å². The maximum absolute atomic E-state index is 13.2. The van der Waals surface area contributed by atoms with Crippen molar-refractivity contribution in [2.45, 2.75) is 13.1 Å². The molecule has 150 valence electrons. The highest BCUT2D eigenvalue weighted by atomic mass is 19.1. The van der Waals surface area contributed by atoms with Gasteiger partial charge in [-0.05, 0) is 35.4 Å². The number of halogens is 1. The van der Waals surface area contributed by atoms with Crippen molar-refractivity contribution in [3.05, 3.63) is 83.9 Å². The largest absolute Gasteiger partial charge is 0.352 e. The zero-order valence-electron chi connectivity index (χ0n) is 16.1. The van der Waals surface area contributed by atoms with Crippen LogP contribution in [0.25, 0.3) is 0 Å². The third-order valence-corrected chi connectivity index (χ3v) is 4.20. The minimum Gasteiger partial charge on any atom is -0.352 e. The van der Waals surface area contributed by atoms with E-state index < -0.39 is 5.82 Å². The first-order chi connectivity index (χ1) is 14.1. The van der Waals surface area contributed by atoms with Crippen LogP contribution in [0.2, 0.25) is 0 Å². The monoisotopic (exact) mass is 394 g/mol. The summed E-state index contributed by atoms with van der Waals surface area (Å²) in [5, 5.41) is 13.0. The van der Waals surface area contributed by atoms with Gasteiger partial charge in [0.25, 0.3) is 0 Å². The Balaban J connectivity index is 1.51. The van der Waals surface area contributed by atoms with Crippen molar-refractivity contribution in [3.63, 3.8) is 0 Å². The van der Waals surface area contributed by atoms with Crippen molar-refractivity contribution in [2.24, 2.45) is 4.99 Å². The van der Waals surface area contributed by atoms with Crippen LogP contribution in [0.1, 0.15) is 11.1 Å². The van der Waals surface area contributed by atoms with E-state index in [1.165, 1.54) is 12.1 Å². The molecule has 8 heteroatoms. The Labute approximate surface area is 168 Å². The van der Waals surface area contributed by atoms with Crippen LogP contribution >= 0.6 is 0 Å². The summed E-state index contributed by atoms with van der Waals surface area (Å²) in [6.45, 7) is 1.22. The van der Waals surface area contributed by atoms with Crippen molar-refractivity contribution in [1.29, 1.82) is 0 Å². The lowest BCUT2D eigenvalue weighted by atomic mass is 10.1. The SMILES string of the molecule is CN=C(NCC(=O)Nc1cccc(F)c1)NCc1ccccc1Cn1cccn1. The Morgan fingerprint density at radius 3 is 2.66 bits per heavy atom. The summed E-state index contributed by atoms with van der Waals surface area (Å²) in [6.07, 6.45) is 3.67. The number of carbonyl (C=O) groups is 1. The van der Waals surface area contributed by atoms with Crippen molar-refractivity contribution >= 4 is 17.6 Å². The molecule has 0 saturated heterocycles. The first-order valence-corrected chi connectivity index (χ1v) is 9.18. The van der Waals surface area contributed by atoms with Crippen molar-refractivity contribution in [2.75, 3.05) is 18.9 Å². The molecule has 0 atom stereocenters. The highest BCUT2D eigenvalue weighted by Gasteiger charge is 2.07. The third-order valence-electron chi connectivity index (χ3n) is 4.20. The van der Waals surface area contributed by atoms with E-state index in [-0.39, 0.29) is 12.5 Å². The molecular formula is C21H23FN6O. The summed E-state index contributed by atoms with van der Waals surface area (Å²) in [5.74, 6) is -0.201. The van der Waals surface area contributed by atoms with Gasteiger partial charge < -0.3 is 16.0 Å². The van der Waals surface area contributed by atoms with E-state index in [0.29, 0.717) is 24.7 Å². The summed E-state index contributed by atoms with van der Waals surface area (Å²) in [7, 11) is 1.63. The number of hydrogen-bond acceptors (Lipinski definition) is 3. The molecule has 3 rings (SSSR count). The number of aliphatic imine (C=N–C) groups is 1. The van der Waals surface area contributed by atoms with Gasteiger partial charge in [-0.1, -0.05) is 30.3 Å². The summed E-state index contributed by atoms with van der Waals surface area (Å²) in [4.78, 5) is 16.2. The van der Waals surface area contributed by atoms with Crippen LogP contribution < -0.4 is 16.0 Å². The fourth-order valence-corrected chi connectivity index (χ4v) is 2.79. The first-order valence-electron chi connectivity index (χ1n) is 9.18. The van der Waals surface area contributed by atoms with Gasteiger partial charge in [-0.3, -0.25) is 14.5 Å². The fraction of sp³-hybridized carbons (Fsp3) is 0.190. The molecule has 0 fully saturated rings. The molecule has 29 heavy (non-hydrogen) atoms. The van der Waals surface area contributed by atoms with Gasteiger partial charge in [-0.15, -0.1) is 0 Å². The fourth-order valence-electron chi connectivity index (χ4n) is 2.79. The summed E-state index contributed by atoms with van der Waals surface area (Å²) >= 11 is 0. The highest BCUT2D eigenvalue weighted by Crippen LogP contribution is 2.10. The second-order valence-electron chi connectivity index (χ2n) is 6.31. The molecule has 3 N–H and O–H groups in total. The van der Waals surface area contributed by atoms with Crippen LogP contribution in [-0.4, -0.2) is 35.2 Å². The number of guanidine groups is 1. The van der Waals surface area contributed by atoms with Crippen molar-refractivity contribution in [1.82, 2.24) is 20.4 Å². The zero-order valence-corrected chi connectivity index (χ0v) is 16.1. The number of hydrogen-bond donors (Lipinski definition) is 3. The molecule has 7 nitrogen and oxygen atoms in total. The Hall–Kier alpha value is -3.68. The molecule has 3 aromatic rings. The quantitative estimate of drug-likeness (QED) is 0.424. The van der Waals surface area contributed by atoms with Crippen LogP contribution in [0.15, 0.2) is 72.0 Å². The number of carbonyl (C=O) groups excluding carboxylic acids is 1. The lowest BCUT2D eigenvalue weighted by molar-refractivity contribution is -0.115. The smallest absolute Gasteiger partial charge is 0.243 e. The van der Waals surface area contributed by atoms with Gasteiger partial charge in [0, 0.05) is 31.7 Å². The number of aromatic nitrogens is 2. The number of amides is 1. The van der Waals surface area contributed by atoms with E-state index in [0.717, 1.165) is 11.1 Å². The van der Waals surface area contributed by atoms with Crippen molar-refractivity contribution < 1.29 is 9.18 Å². The van der Waals surface area contributed by atoms with Gasteiger partial charge in [-0.25, -0.2) is 4.39 Å². The molecule has 0 aliphatic carbocycles. The zero-order chi connectivity index (χ0) is 20.5. The van der Waals surface area contributed by atoms with Gasteiger partial charge in [0.05, 0.1) is 13.1 Å². The molecule has 1 heterocycles.